The number of anilines is 1. The van der Waals surface area contributed by atoms with Crippen molar-refractivity contribution in [1.29, 1.82) is 0 Å². The fourth-order valence-corrected chi connectivity index (χ4v) is 3.39. The minimum absolute atomic E-state index is 0.0290. The SMILES string of the molecule is O=C1c2ccccc2NC(c2ccc(OC(F)F)cc2OC(F)F)N1Cc1ccco1. The molecule has 1 N–H and O–H groups in total. The average Bonchev–Trinajstić information content (AvgIpc) is 3.23. The van der Waals surface area contributed by atoms with E-state index < -0.39 is 25.1 Å². The minimum Gasteiger partial charge on any atom is -0.467 e. The summed E-state index contributed by atoms with van der Waals surface area (Å²) in [4.78, 5) is 14.6. The molecular formula is C21H16F4N2O4. The number of fused-ring (bicyclic) bond motifs is 1. The molecule has 0 bridgehead atoms. The Bertz CT molecular complexity index is 1060. The lowest BCUT2D eigenvalue weighted by Crippen LogP contribution is -2.42. The van der Waals surface area contributed by atoms with Crippen LogP contribution in [0.25, 0.3) is 0 Å². The first-order chi connectivity index (χ1) is 14.9. The first kappa shape index (κ1) is 20.6. The average molecular weight is 436 g/mol. The number of amides is 1. The van der Waals surface area contributed by atoms with Crippen molar-refractivity contribution >= 4 is 11.6 Å². The highest BCUT2D eigenvalue weighted by Crippen LogP contribution is 2.39. The summed E-state index contributed by atoms with van der Waals surface area (Å²) in [5.41, 5.74) is 1.01. The third-order valence-electron chi connectivity index (χ3n) is 4.65. The Balaban J connectivity index is 1.78. The molecule has 162 valence electrons. The van der Waals surface area contributed by atoms with E-state index >= 15 is 0 Å². The highest BCUT2D eigenvalue weighted by Gasteiger charge is 2.35. The number of benzene rings is 2. The number of carbonyl (C=O) groups is 1. The van der Waals surface area contributed by atoms with Gasteiger partial charge in [-0.15, -0.1) is 0 Å². The number of hydrogen-bond donors (Lipinski definition) is 1. The van der Waals surface area contributed by atoms with E-state index in [-0.39, 0.29) is 23.8 Å². The zero-order valence-electron chi connectivity index (χ0n) is 15.8. The molecule has 0 aliphatic carbocycles. The number of carbonyl (C=O) groups excluding carboxylic acids is 1. The molecule has 4 rings (SSSR count). The first-order valence-corrected chi connectivity index (χ1v) is 9.15. The maximum Gasteiger partial charge on any atom is 0.387 e. The Morgan fingerprint density at radius 2 is 1.77 bits per heavy atom. The van der Waals surface area contributed by atoms with Crippen LogP contribution in [0.4, 0.5) is 23.2 Å². The molecular weight excluding hydrogens is 420 g/mol. The number of para-hydroxylation sites is 1. The summed E-state index contributed by atoms with van der Waals surface area (Å²) in [5.74, 6) is -0.656. The Morgan fingerprint density at radius 1 is 1.00 bits per heavy atom. The summed E-state index contributed by atoms with van der Waals surface area (Å²) in [6.07, 6.45) is 0.504. The van der Waals surface area contributed by atoms with Crippen LogP contribution in [-0.4, -0.2) is 24.0 Å². The first-order valence-electron chi connectivity index (χ1n) is 9.15. The number of ether oxygens (including phenoxy) is 2. The molecule has 1 aromatic heterocycles. The maximum absolute atomic E-state index is 13.2. The molecule has 2 heterocycles. The van der Waals surface area contributed by atoms with Gasteiger partial charge in [0, 0.05) is 17.3 Å². The zero-order valence-corrected chi connectivity index (χ0v) is 15.8. The molecule has 0 spiro atoms. The highest BCUT2D eigenvalue weighted by atomic mass is 19.3. The van der Waals surface area contributed by atoms with Gasteiger partial charge in [0.2, 0.25) is 0 Å². The summed E-state index contributed by atoms with van der Waals surface area (Å²) < 4.78 is 65.5. The fraction of sp³-hybridized carbons (Fsp3) is 0.190. The monoisotopic (exact) mass is 436 g/mol. The molecule has 10 heteroatoms. The van der Waals surface area contributed by atoms with Crippen molar-refractivity contribution in [3.05, 3.63) is 77.7 Å². The molecule has 6 nitrogen and oxygen atoms in total. The fourth-order valence-electron chi connectivity index (χ4n) is 3.39. The van der Waals surface area contributed by atoms with E-state index in [0.717, 1.165) is 6.07 Å². The number of rotatable bonds is 7. The lowest BCUT2D eigenvalue weighted by atomic mass is 10.0. The van der Waals surface area contributed by atoms with E-state index in [1.165, 1.54) is 23.3 Å². The second-order valence-corrected chi connectivity index (χ2v) is 6.56. The van der Waals surface area contributed by atoms with Gasteiger partial charge in [0.15, 0.2) is 0 Å². The van der Waals surface area contributed by atoms with Crippen LogP contribution in [0.3, 0.4) is 0 Å². The van der Waals surface area contributed by atoms with Gasteiger partial charge in [-0.25, -0.2) is 0 Å². The van der Waals surface area contributed by atoms with Gasteiger partial charge < -0.3 is 24.1 Å². The number of furan rings is 1. The van der Waals surface area contributed by atoms with Gasteiger partial charge in [0.05, 0.1) is 18.4 Å². The van der Waals surface area contributed by atoms with Crippen LogP contribution >= 0.6 is 0 Å². The van der Waals surface area contributed by atoms with E-state index in [2.05, 4.69) is 14.8 Å². The van der Waals surface area contributed by atoms with Crippen molar-refractivity contribution in [2.24, 2.45) is 0 Å². The molecule has 0 saturated carbocycles. The summed E-state index contributed by atoms with van der Waals surface area (Å²) >= 11 is 0. The molecule has 31 heavy (non-hydrogen) atoms. The summed E-state index contributed by atoms with van der Waals surface area (Å²) in [5, 5.41) is 3.13. The van der Waals surface area contributed by atoms with Gasteiger partial charge in [0.1, 0.15) is 23.4 Å². The van der Waals surface area contributed by atoms with Gasteiger partial charge in [-0.2, -0.15) is 17.6 Å². The molecule has 0 radical (unpaired) electrons. The van der Waals surface area contributed by atoms with Crippen LogP contribution in [0.2, 0.25) is 0 Å². The van der Waals surface area contributed by atoms with Crippen molar-refractivity contribution in [2.75, 3.05) is 5.32 Å². The third kappa shape index (κ3) is 4.42. The molecule has 3 aromatic rings. The van der Waals surface area contributed by atoms with Crippen LogP contribution in [0, 0.1) is 0 Å². The third-order valence-corrected chi connectivity index (χ3v) is 4.65. The van der Waals surface area contributed by atoms with Crippen molar-refractivity contribution < 1.29 is 36.2 Å². The molecule has 1 atom stereocenters. The van der Waals surface area contributed by atoms with E-state index in [1.807, 2.05) is 0 Å². The number of nitrogens with one attached hydrogen (secondary N) is 1. The van der Waals surface area contributed by atoms with Crippen molar-refractivity contribution in [3.63, 3.8) is 0 Å². The van der Waals surface area contributed by atoms with Crippen molar-refractivity contribution in [1.82, 2.24) is 4.90 Å². The Hall–Kier alpha value is -3.69. The zero-order chi connectivity index (χ0) is 22.0. The standard InChI is InChI=1S/C21H16F4N2O4/c22-20(23)30-12-7-8-15(17(10-12)31-21(24)25)18-26-16-6-2-1-5-14(16)19(28)27(18)11-13-4-3-9-29-13/h1-10,18,20-21,26H,11H2. The predicted molar refractivity (Wildman–Crippen MR) is 101 cm³/mol. The number of halogens is 4. The van der Waals surface area contributed by atoms with Gasteiger partial charge in [-0.3, -0.25) is 4.79 Å². The Kier molecular flexibility index (Phi) is 5.70. The minimum atomic E-state index is -3.22. The predicted octanol–water partition coefficient (Wildman–Crippen LogP) is 5.25. The topological polar surface area (TPSA) is 63.9 Å². The normalized spacial score (nSPS) is 15.7. The Morgan fingerprint density at radius 3 is 2.48 bits per heavy atom. The lowest BCUT2D eigenvalue weighted by molar-refractivity contribution is -0.0550. The van der Waals surface area contributed by atoms with Gasteiger partial charge in [0.25, 0.3) is 5.91 Å². The lowest BCUT2D eigenvalue weighted by Gasteiger charge is -2.38. The van der Waals surface area contributed by atoms with Gasteiger partial charge in [-0.1, -0.05) is 12.1 Å². The van der Waals surface area contributed by atoms with Crippen LogP contribution in [0.1, 0.15) is 27.8 Å². The van der Waals surface area contributed by atoms with Crippen molar-refractivity contribution in [3.8, 4) is 11.5 Å². The second kappa shape index (κ2) is 8.58. The quantitative estimate of drug-likeness (QED) is 0.513. The van der Waals surface area contributed by atoms with Gasteiger partial charge >= 0.3 is 13.2 Å². The summed E-state index contributed by atoms with van der Waals surface area (Å²) in [6.45, 7) is -6.33. The maximum atomic E-state index is 13.2. The van der Waals surface area contributed by atoms with Crippen LogP contribution in [0.5, 0.6) is 11.5 Å². The highest BCUT2D eigenvalue weighted by molar-refractivity contribution is 6.01. The molecule has 0 saturated heterocycles. The molecule has 0 fully saturated rings. The molecule has 1 amide bonds. The number of hydrogen-bond acceptors (Lipinski definition) is 5. The number of nitrogens with zero attached hydrogens (tertiary/aromatic N) is 1. The molecule has 1 aliphatic heterocycles. The van der Waals surface area contributed by atoms with E-state index in [1.54, 1.807) is 36.4 Å². The second-order valence-electron chi connectivity index (χ2n) is 6.56. The van der Waals surface area contributed by atoms with E-state index in [0.29, 0.717) is 17.0 Å². The van der Waals surface area contributed by atoms with Gasteiger partial charge in [-0.05, 0) is 36.4 Å². The van der Waals surface area contributed by atoms with E-state index in [9.17, 15) is 22.4 Å². The van der Waals surface area contributed by atoms with E-state index in [4.69, 9.17) is 4.42 Å². The smallest absolute Gasteiger partial charge is 0.387 e. The largest absolute Gasteiger partial charge is 0.467 e. The number of alkyl halides is 4. The van der Waals surface area contributed by atoms with Crippen LogP contribution in [0.15, 0.2) is 65.3 Å². The summed E-state index contributed by atoms with van der Waals surface area (Å²) in [7, 11) is 0. The summed E-state index contributed by atoms with van der Waals surface area (Å²) in [6, 6.07) is 13.5. The molecule has 1 unspecified atom stereocenters. The molecule has 2 aromatic carbocycles. The molecule has 1 aliphatic rings. The van der Waals surface area contributed by atoms with Crippen molar-refractivity contribution in [2.45, 2.75) is 25.9 Å². The van der Waals surface area contributed by atoms with Crippen LogP contribution in [-0.2, 0) is 6.54 Å². The van der Waals surface area contributed by atoms with Crippen LogP contribution < -0.4 is 14.8 Å². The Labute approximate surface area is 174 Å².